The fourth-order valence-corrected chi connectivity index (χ4v) is 4.28. The Kier molecular flexibility index (Phi) is 4.81. The number of benzene rings is 2. The molecule has 0 amide bonds. The van der Waals surface area contributed by atoms with E-state index in [-0.39, 0.29) is 5.28 Å². The molecule has 4 rings (SSSR count). The van der Waals surface area contributed by atoms with Crippen LogP contribution in [0.25, 0.3) is 21.3 Å². The highest BCUT2D eigenvalue weighted by Crippen LogP contribution is 2.40. The van der Waals surface area contributed by atoms with Crippen molar-refractivity contribution in [2.24, 2.45) is 0 Å². The van der Waals surface area contributed by atoms with E-state index in [4.69, 9.17) is 23.2 Å². The summed E-state index contributed by atoms with van der Waals surface area (Å²) in [4.78, 5) is 12.0. The summed E-state index contributed by atoms with van der Waals surface area (Å²) in [5, 5.41) is 4.08. The molecular formula is C20H15Cl2N3S. The minimum Gasteiger partial charge on any atom is -0.326 e. The van der Waals surface area contributed by atoms with Gasteiger partial charge in [-0.1, -0.05) is 41.9 Å². The molecule has 0 saturated heterocycles. The van der Waals surface area contributed by atoms with Crippen LogP contribution in [-0.2, 0) is 0 Å². The molecule has 0 unspecified atom stereocenters. The number of hydrogen-bond acceptors (Lipinski definition) is 4. The number of anilines is 2. The Bertz CT molecular complexity index is 1050. The molecule has 4 aromatic rings. The van der Waals surface area contributed by atoms with Crippen LogP contribution in [0.3, 0.4) is 0 Å². The van der Waals surface area contributed by atoms with Gasteiger partial charge in [0.1, 0.15) is 10.6 Å². The second-order valence-electron chi connectivity index (χ2n) is 5.73. The van der Waals surface area contributed by atoms with E-state index in [0.717, 1.165) is 39.4 Å². The summed E-state index contributed by atoms with van der Waals surface area (Å²) in [6.07, 6.45) is 0. The number of aromatic nitrogens is 2. The van der Waals surface area contributed by atoms with Gasteiger partial charge in [-0.15, -0.1) is 11.3 Å². The minimum atomic E-state index is 0.256. The smallest absolute Gasteiger partial charge is 0.225 e. The van der Waals surface area contributed by atoms with Crippen LogP contribution in [0.1, 0.15) is 6.92 Å². The number of rotatable bonds is 4. The lowest BCUT2D eigenvalue weighted by atomic mass is 10.1. The summed E-state index contributed by atoms with van der Waals surface area (Å²) in [5.41, 5.74) is 3.24. The van der Waals surface area contributed by atoms with Crippen molar-refractivity contribution in [2.75, 3.05) is 11.4 Å². The van der Waals surface area contributed by atoms with E-state index in [9.17, 15) is 0 Å². The SMILES string of the molecule is CCN(c1ccccc1)c1nc(Cl)nc2scc(-c3ccc(Cl)cc3)c12. The Labute approximate surface area is 165 Å². The third-order valence-electron chi connectivity index (χ3n) is 4.18. The molecule has 0 bridgehead atoms. The van der Waals surface area contributed by atoms with Crippen molar-refractivity contribution in [1.29, 1.82) is 0 Å². The minimum absolute atomic E-state index is 0.256. The van der Waals surface area contributed by atoms with Crippen molar-refractivity contribution < 1.29 is 0 Å². The van der Waals surface area contributed by atoms with Crippen molar-refractivity contribution in [1.82, 2.24) is 9.97 Å². The van der Waals surface area contributed by atoms with E-state index < -0.39 is 0 Å². The van der Waals surface area contributed by atoms with E-state index in [2.05, 4.69) is 39.3 Å². The quantitative estimate of drug-likeness (QED) is 0.352. The molecule has 0 saturated carbocycles. The Morgan fingerprint density at radius 1 is 0.962 bits per heavy atom. The summed E-state index contributed by atoms with van der Waals surface area (Å²) in [5.74, 6) is 0.819. The van der Waals surface area contributed by atoms with Gasteiger partial charge in [0.15, 0.2) is 0 Å². The second-order valence-corrected chi connectivity index (χ2v) is 7.37. The van der Waals surface area contributed by atoms with Crippen LogP contribution < -0.4 is 4.90 Å². The molecule has 0 N–H and O–H groups in total. The first kappa shape index (κ1) is 17.3. The summed E-state index contributed by atoms with van der Waals surface area (Å²) >= 11 is 13.8. The standard InChI is InChI=1S/C20H15Cl2N3S/c1-2-25(15-6-4-3-5-7-15)18-17-16(13-8-10-14(21)11-9-13)12-26-19(17)24-20(22)23-18/h3-12H,2H2,1H3. The second kappa shape index (κ2) is 7.23. The molecule has 3 nitrogen and oxygen atoms in total. The molecule has 6 heteroatoms. The maximum atomic E-state index is 6.23. The molecular weight excluding hydrogens is 385 g/mol. The fourth-order valence-electron chi connectivity index (χ4n) is 3.00. The van der Waals surface area contributed by atoms with Crippen LogP contribution in [-0.4, -0.2) is 16.5 Å². The third-order valence-corrected chi connectivity index (χ3v) is 5.48. The number of hydrogen-bond donors (Lipinski definition) is 0. The van der Waals surface area contributed by atoms with Crippen LogP contribution in [0.15, 0.2) is 60.0 Å². The molecule has 26 heavy (non-hydrogen) atoms. The van der Waals surface area contributed by atoms with Crippen molar-refractivity contribution in [3.05, 3.63) is 70.3 Å². The number of halogens is 2. The first-order chi connectivity index (χ1) is 12.7. The Hall–Kier alpha value is -2.14. The molecule has 0 aliphatic rings. The monoisotopic (exact) mass is 399 g/mol. The van der Waals surface area contributed by atoms with Crippen LogP contribution in [0.2, 0.25) is 10.3 Å². The van der Waals surface area contributed by atoms with Crippen LogP contribution in [0, 0.1) is 0 Å². The summed E-state index contributed by atoms with van der Waals surface area (Å²) in [6, 6.07) is 18.0. The number of para-hydroxylation sites is 1. The Morgan fingerprint density at radius 2 is 1.69 bits per heavy atom. The van der Waals surface area contributed by atoms with Crippen LogP contribution >= 0.6 is 34.5 Å². The van der Waals surface area contributed by atoms with E-state index in [1.807, 2.05) is 42.5 Å². The van der Waals surface area contributed by atoms with Gasteiger partial charge in [0.25, 0.3) is 0 Å². The normalized spacial score (nSPS) is 11.0. The van der Waals surface area contributed by atoms with Crippen molar-refractivity contribution >= 4 is 56.3 Å². The highest BCUT2D eigenvalue weighted by Gasteiger charge is 2.19. The van der Waals surface area contributed by atoms with Gasteiger partial charge >= 0.3 is 0 Å². The largest absolute Gasteiger partial charge is 0.326 e. The van der Waals surface area contributed by atoms with Gasteiger partial charge in [-0.25, -0.2) is 4.98 Å². The Balaban J connectivity index is 1.96. The first-order valence-corrected chi connectivity index (χ1v) is 9.84. The predicted octanol–water partition coefficient (Wildman–Crippen LogP) is 6.82. The lowest BCUT2D eigenvalue weighted by molar-refractivity contribution is 0.991. The lowest BCUT2D eigenvalue weighted by Gasteiger charge is -2.23. The zero-order valence-corrected chi connectivity index (χ0v) is 16.3. The van der Waals surface area contributed by atoms with Gasteiger partial charge < -0.3 is 4.90 Å². The van der Waals surface area contributed by atoms with Crippen LogP contribution in [0.5, 0.6) is 0 Å². The predicted molar refractivity (Wildman–Crippen MR) is 112 cm³/mol. The molecule has 0 aliphatic heterocycles. The lowest BCUT2D eigenvalue weighted by Crippen LogP contribution is -2.18. The van der Waals surface area contributed by atoms with Crippen molar-refractivity contribution in [3.8, 4) is 11.1 Å². The molecule has 0 atom stereocenters. The van der Waals surface area contributed by atoms with Crippen molar-refractivity contribution in [2.45, 2.75) is 6.92 Å². The Morgan fingerprint density at radius 3 is 2.38 bits per heavy atom. The van der Waals surface area contributed by atoms with E-state index >= 15 is 0 Å². The molecule has 0 spiro atoms. The summed E-state index contributed by atoms with van der Waals surface area (Å²) in [6.45, 7) is 2.87. The molecule has 0 aliphatic carbocycles. The zero-order chi connectivity index (χ0) is 18.1. The van der Waals surface area contributed by atoms with Crippen LogP contribution in [0.4, 0.5) is 11.5 Å². The number of thiophene rings is 1. The number of nitrogens with zero attached hydrogens (tertiary/aromatic N) is 3. The zero-order valence-electron chi connectivity index (χ0n) is 14.0. The van der Waals surface area contributed by atoms with Crippen molar-refractivity contribution in [3.63, 3.8) is 0 Å². The van der Waals surface area contributed by atoms with Gasteiger partial charge in [-0.3, -0.25) is 0 Å². The average molecular weight is 400 g/mol. The average Bonchev–Trinajstić information content (AvgIpc) is 3.07. The maximum absolute atomic E-state index is 6.23. The van der Waals surface area contributed by atoms with Gasteiger partial charge in [0.2, 0.25) is 5.28 Å². The molecule has 130 valence electrons. The highest BCUT2D eigenvalue weighted by molar-refractivity contribution is 7.17. The first-order valence-electron chi connectivity index (χ1n) is 8.20. The van der Waals surface area contributed by atoms with E-state index in [0.29, 0.717) is 5.02 Å². The highest BCUT2D eigenvalue weighted by atomic mass is 35.5. The fraction of sp³-hybridized carbons (Fsp3) is 0.100. The summed E-state index contributed by atoms with van der Waals surface area (Å²) in [7, 11) is 0. The molecule has 0 radical (unpaired) electrons. The number of fused-ring (bicyclic) bond motifs is 1. The topological polar surface area (TPSA) is 29.0 Å². The van der Waals surface area contributed by atoms with E-state index in [1.54, 1.807) is 11.3 Å². The third kappa shape index (κ3) is 3.16. The van der Waals surface area contributed by atoms with E-state index in [1.165, 1.54) is 0 Å². The van der Waals surface area contributed by atoms with Gasteiger partial charge in [-0.05, 0) is 48.4 Å². The maximum Gasteiger partial charge on any atom is 0.225 e. The molecule has 2 aromatic carbocycles. The summed E-state index contributed by atoms with van der Waals surface area (Å²) < 4.78 is 0. The van der Waals surface area contributed by atoms with Gasteiger partial charge in [-0.2, -0.15) is 4.98 Å². The molecule has 2 heterocycles. The van der Waals surface area contributed by atoms with Gasteiger partial charge in [0.05, 0.1) is 5.39 Å². The van der Waals surface area contributed by atoms with Gasteiger partial charge in [0, 0.05) is 28.2 Å². The molecule has 0 fully saturated rings. The molecule has 2 aromatic heterocycles.